The molecule has 0 aliphatic heterocycles. The highest BCUT2D eigenvalue weighted by molar-refractivity contribution is 5.95. The summed E-state index contributed by atoms with van der Waals surface area (Å²) in [6, 6.07) is 4.15. The molecule has 0 aliphatic carbocycles. The first-order valence-corrected chi connectivity index (χ1v) is 6.35. The van der Waals surface area contributed by atoms with Crippen molar-refractivity contribution in [3.8, 4) is 0 Å². The Morgan fingerprint density at radius 2 is 2.22 bits per heavy atom. The highest BCUT2D eigenvalue weighted by atomic mass is 19.1. The number of nitrogens with two attached hydrogens (primary N) is 1. The molecule has 0 fully saturated rings. The minimum Gasteiger partial charge on any atom is -0.348 e. The summed E-state index contributed by atoms with van der Waals surface area (Å²) in [6.45, 7) is 4.24. The van der Waals surface area contributed by atoms with Gasteiger partial charge in [-0.2, -0.15) is 0 Å². The van der Waals surface area contributed by atoms with Crippen LogP contribution in [0.25, 0.3) is 0 Å². The Kier molecular flexibility index (Phi) is 5.78. The third-order valence-corrected chi connectivity index (χ3v) is 2.96. The lowest BCUT2D eigenvalue weighted by atomic mass is 10.1. The number of hydrogen-bond donors (Lipinski definition) is 2. The molecule has 1 aromatic carbocycles. The largest absolute Gasteiger partial charge is 0.348 e. The van der Waals surface area contributed by atoms with Gasteiger partial charge in [-0.25, -0.2) is 4.39 Å². The van der Waals surface area contributed by atoms with Crippen molar-refractivity contribution in [3.63, 3.8) is 0 Å². The van der Waals surface area contributed by atoms with E-state index in [-0.39, 0.29) is 17.8 Å². The maximum Gasteiger partial charge on any atom is 0.251 e. The Morgan fingerprint density at radius 3 is 2.78 bits per heavy atom. The summed E-state index contributed by atoms with van der Waals surface area (Å²) in [5.74, 6) is -0.510. The molecule has 3 nitrogen and oxygen atoms in total. The Morgan fingerprint density at radius 1 is 1.50 bits per heavy atom. The van der Waals surface area contributed by atoms with E-state index in [4.69, 9.17) is 5.73 Å². The zero-order chi connectivity index (χ0) is 13.5. The van der Waals surface area contributed by atoms with Gasteiger partial charge in [0.25, 0.3) is 5.91 Å². The van der Waals surface area contributed by atoms with Crippen molar-refractivity contribution in [2.45, 2.75) is 39.2 Å². The van der Waals surface area contributed by atoms with Crippen LogP contribution in [0.15, 0.2) is 18.2 Å². The van der Waals surface area contributed by atoms with Crippen molar-refractivity contribution in [1.82, 2.24) is 5.32 Å². The van der Waals surface area contributed by atoms with Crippen molar-refractivity contribution in [2.75, 3.05) is 6.54 Å². The Hall–Kier alpha value is -1.42. The number of unbranched alkanes of at least 4 members (excludes halogenated alkanes) is 1. The number of halogens is 1. The fraction of sp³-hybridized carbons (Fsp3) is 0.500. The lowest BCUT2D eigenvalue weighted by Gasteiger charge is -2.17. The first-order chi connectivity index (χ1) is 8.58. The number of amides is 1. The van der Waals surface area contributed by atoms with E-state index in [0.717, 1.165) is 19.3 Å². The van der Waals surface area contributed by atoms with E-state index in [0.29, 0.717) is 17.7 Å². The second-order valence-electron chi connectivity index (χ2n) is 4.51. The van der Waals surface area contributed by atoms with E-state index >= 15 is 0 Å². The van der Waals surface area contributed by atoms with Gasteiger partial charge in [0.15, 0.2) is 0 Å². The molecular formula is C14H21FN2O. The molecule has 0 radical (unpaired) electrons. The summed E-state index contributed by atoms with van der Waals surface area (Å²) in [5, 5.41) is 2.89. The molecule has 3 N–H and O–H groups in total. The predicted molar refractivity (Wildman–Crippen MR) is 71.0 cm³/mol. The highest BCUT2D eigenvalue weighted by Crippen LogP contribution is 2.10. The molecule has 1 amide bonds. The summed E-state index contributed by atoms with van der Waals surface area (Å²) < 4.78 is 13.0. The van der Waals surface area contributed by atoms with E-state index < -0.39 is 0 Å². The molecule has 0 aromatic heterocycles. The normalized spacial score (nSPS) is 12.2. The van der Waals surface area contributed by atoms with Gasteiger partial charge in [0.2, 0.25) is 0 Å². The molecule has 0 spiro atoms. The van der Waals surface area contributed by atoms with Crippen LogP contribution in [0.3, 0.4) is 0 Å². The summed E-state index contributed by atoms with van der Waals surface area (Å²) in [6.07, 6.45) is 2.98. The standard InChI is InChI=1S/C14H21FN2O/c1-3-4-5-12(9-16)17-14(18)13-7-6-11(15)8-10(13)2/h6-8,12H,3-5,9,16H2,1-2H3,(H,17,18). The minimum absolute atomic E-state index is 0.0121. The molecule has 4 heteroatoms. The lowest BCUT2D eigenvalue weighted by Crippen LogP contribution is -2.40. The maximum absolute atomic E-state index is 13.0. The molecular weight excluding hydrogens is 231 g/mol. The van der Waals surface area contributed by atoms with Crippen LogP contribution in [0.4, 0.5) is 4.39 Å². The fourth-order valence-electron chi connectivity index (χ4n) is 1.84. The maximum atomic E-state index is 13.0. The molecule has 0 aliphatic rings. The molecule has 1 aromatic rings. The molecule has 0 saturated carbocycles. The number of carbonyl (C=O) groups is 1. The Labute approximate surface area is 108 Å². The fourth-order valence-corrected chi connectivity index (χ4v) is 1.84. The smallest absolute Gasteiger partial charge is 0.251 e. The van der Waals surface area contributed by atoms with Crippen LogP contribution in [0.2, 0.25) is 0 Å². The molecule has 0 bridgehead atoms. The number of hydrogen-bond acceptors (Lipinski definition) is 2. The lowest BCUT2D eigenvalue weighted by molar-refractivity contribution is 0.0935. The zero-order valence-corrected chi connectivity index (χ0v) is 11.0. The van der Waals surface area contributed by atoms with Crippen molar-refractivity contribution < 1.29 is 9.18 Å². The van der Waals surface area contributed by atoms with Crippen LogP contribution in [-0.2, 0) is 0 Å². The van der Waals surface area contributed by atoms with Gasteiger partial charge in [-0.3, -0.25) is 4.79 Å². The highest BCUT2D eigenvalue weighted by Gasteiger charge is 2.14. The summed E-state index contributed by atoms with van der Waals surface area (Å²) in [5.41, 5.74) is 6.77. The van der Waals surface area contributed by atoms with Crippen LogP contribution >= 0.6 is 0 Å². The zero-order valence-electron chi connectivity index (χ0n) is 11.0. The average molecular weight is 252 g/mol. The van der Waals surface area contributed by atoms with E-state index in [1.807, 2.05) is 0 Å². The van der Waals surface area contributed by atoms with Gasteiger partial charge in [-0.05, 0) is 37.1 Å². The van der Waals surface area contributed by atoms with E-state index in [2.05, 4.69) is 12.2 Å². The topological polar surface area (TPSA) is 55.1 Å². The number of nitrogens with one attached hydrogen (secondary N) is 1. The Balaban J connectivity index is 2.68. The van der Waals surface area contributed by atoms with Gasteiger partial charge in [-0.15, -0.1) is 0 Å². The summed E-state index contributed by atoms with van der Waals surface area (Å²) >= 11 is 0. The van der Waals surface area contributed by atoms with Gasteiger partial charge < -0.3 is 11.1 Å². The number of carbonyl (C=O) groups excluding carboxylic acids is 1. The summed E-state index contributed by atoms with van der Waals surface area (Å²) in [7, 11) is 0. The molecule has 18 heavy (non-hydrogen) atoms. The minimum atomic E-state index is -0.328. The van der Waals surface area contributed by atoms with Gasteiger partial charge >= 0.3 is 0 Å². The van der Waals surface area contributed by atoms with E-state index in [1.165, 1.54) is 18.2 Å². The van der Waals surface area contributed by atoms with Gasteiger partial charge in [0.05, 0.1) is 0 Å². The Bertz CT molecular complexity index is 407. The number of aryl methyl sites for hydroxylation is 1. The molecule has 1 unspecified atom stereocenters. The van der Waals surface area contributed by atoms with Crippen LogP contribution in [0.1, 0.15) is 42.1 Å². The van der Waals surface area contributed by atoms with Crippen LogP contribution in [-0.4, -0.2) is 18.5 Å². The van der Waals surface area contributed by atoms with Crippen molar-refractivity contribution in [3.05, 3.63) is 35.1 Å². The van der Waals surface area contributed by atoms with Crippen molar-refractivity contribution in [1.29, 1.82) is 0 Å². The van der Waals surface area contributed by atoms with Crippen LogP contribution in [0.5, 0.6) is 0 Å². The number of rotatable bonds is 6. The van der Waals surface area contributed by atoms with Gasteiger partial charge in [0.1, 0.15) is 5.82 Å². The quantitative estimate of drug-likeness (QED) is 0.816. The predicted octanol–water partition coefficient (Wildman–Crippen LogP) is 2.38. The average Bonchev–Trinajstić information content (AvgIpc) is 2.34. The molecule has 1 atom stereocenters. The molecule has 0 saturated heterocycles. The van der Waals surface area contributed by atoms with Crippen LogP contribution in [0, 0.1) is 12.7 Å². The third-order valence-electron chi connectivity index (χ3n) is 2.96. The van der Waals surface area contributed by atoms with Gasteiger partial charge in [0, 0.05) is 18.2 Å². The number of benzene rings is 1. The van der Waals surface area contributed by atoms with E-state index in [1.54, 1.807) is 6.92 Å². The third kappa shape index (κ3) is 4.11. The second-order valence-corrected chi connectivity index (χ2v) is 4.51. The molecule has 0 heterocycles. The molecule has 1 rings (SSSR count). The molecule has 100 valence electrons. The monoisotopic (exact) mass is 252 g/mol. The van der Waals surface area contributed by atoms with Crippen molar-refractivity contribution >= 4 is 5.91 Å². The van der Waals surface area contributed by atoms with Crippen LogP contribution < -0.4 is 11.1 Å². The second kappa shape index (κ2) is 7.11. The first kappa shape index (κ1) is 14.6. The summed E-state index contributed by atoms with van der Waals surface area (Å²) in [4.78, 5) is 12.0. The van der Waals surface area contributed by atoms with E-state index in [9.17, 15) is 9.18 Å². The SMILES string of the molecule is CCCCC(CN)NC(=O)c1ccc(F)cc1C. The first-order valence-electron chi connectivity index (χ1n) is 6.35. The van der Waals surface area contributed by atoms with Gasteiger partial charge in [-0.1, -0.05) is 19.8 Å². The van der Waals surface area contributed by atoms with Crippen molar-refractivity contribution in [2.24, 2.45) is 5.73 Å².